The molecule has 1 fully saturated rings. The van der Waals surface area contributed by atoms with Crippen LogP contribution < -0.4 is 25.4 Å². The van der Waals surface area contributed by atoms with Crippen molar-refractivity contribution in [2.75, 3.05) is 46.9 Å². The molecule has 1 aromatic carbocycles. The number of likely N-dealkylation sites (N-methyl/N-ethyl adjacent to an activating group) is 1. The number of hydrogen-bond acceptors (Lipinski definition) is 5. The van der Waals surface area contributed by atoms with Gasteiger partial charge in [0.05, 0.1) is 14.2 Å². The molecule has 28 heavy (non-hydrogen) atoms. The second-order valence-electron chi connectivity index (χ2n) is 6.73. The molecule has 1 atom stereocenters. The first-order valence-corrected chi connectivity index (χ1v) is 9.83. The van der Waals surface area contributed by atoms with Crippen LogP contribution in [0.4, 0.5) is 0 Å². The predicted octanol–water partition coefficient (Wildman–Crippen LogP) is 0.969. The summed E-state index contributed by atoms with van der Waals surface area (Å²) in [5, 5.41) is 9.41. The fourth-order valence-corrected chi connectivity index (χ4v) is 3.23. The normalized spacial score (nSPS) is 17.3. The van der Waals surface area contributed by atoms with Gasteiger partial charge in [-0.1, -0.05) is 0 Å². The number of carbonyl (C=O) groups is 1. The van der Waals surface area contributed by atoms with E-state index in [4.69, 9.17) is 9.47 Å². The number of benzene rings is 1. The van der Waals surface area contributed by atoms with E-state index in [1.165, 1.54) is 0 Å². The largest absolute Gasteiger partial charge is 0.497 e. The fourth-order valence-electron chi connectivity index (χ4n) is 3.23. The van der Waals surface area contributed by atoms with Crippen LogP contribution in [0.2, 0.25) is 0 Å². The van der Waals surface area contributed by atoms with E-state index in [1.54, 1.807) is 14.2 Å². The Balaban J connectivity index is 1.91. The summed E-state index contributed by atoms with van der Waals surface area (Å²) in [6.07, 6.45) is 1.02. The molecule has 3 N–H and O–H groups in total. The van der Waals surface area contributed by atoms with Crippen LogP contribution in [0.3, 0.4) is 0 Å². The molecule has 0 spiro atoms. The Bertz CT molecular complexity index is 643. The highest BCUT2D eigenvalue weighted by molar-refractivity contribution is 5.85. The second-order valence-corrected chi connectivity index (χ2v) is 6.73. The van der Waals surface area contributed by atoms with Gasteiger partial charge in [0.25, 0.3) is 0 Å². The van der Waals surface area contributed by atoms with E-state index in [0.29, 0.717) is 18.5 Å². The van der Waals surface area contributed by atoms with Crippen molar-refractivity contribution < 1.29 is 14.3 Å². The van der Waals surface area contributed by atoms with Crippen LogP contribution in [-0.4, -0.2) is 69.8 Å². The first kappa shape index (κ1) is 21.8. The Morgan fingerprint density at radius 3 is 2.43 bits per heavy atom. The van der Waals surface area contributed by atoms with Gasteiger partial charge in [0.15, 0.2) is 5.96 Å². The molecule has 1 aliphatic heterocycles. The van der Waals surface area contributed by atoms with Gasteiger partial charge in [-0.25, -0.2) is 4.99 Å². The van der Waals surface area contributed by atoms with Crippen molar-refractivity contribution in [2.45, 2.75) is 32.9 Å². The van der Waals surface area contributed by atoms with Crippen LogP contribution in [0.15, 0.2) is 23.2 Å². The lowest BCUT2D eigenvalue weighted by Crippen LogP contribution is -2.45. The predicted molar refractivity (Wildman–Crippen MR) is 111 cm³/mol. The molecule has 8 nitrogen and oxygen atoms in total. The molecule has 0 saturated carbocycles. The monoisotopic (exact) mass is 391 g/mol. The zero-order chi connectivity index (χ0) is 20.4. The van der Waals surface area contributed by atoms with Crippen molar-refractivity contribution in [1.82, 2.24) is 20.9 Å². The maximum Gasteiger partial charge on any atom is 0.241 e. The Kier molecular flexibility index (Phi) is 8.87. The van der Waals surface area contributed by atoms with E-state index in [1.807, 2.05) is 32.0 Å². The molecule has 1 aromatic rings. The summed E-state index contributed by atoms with van der Waals surface area (Å²) >= 11 is 0. The molecule has 8 heteroatoms. The number of rotatable bonds is 9. The Morgan fingerprint density at radius 2 is 1.82 bits per heavy atom. The molecule has 1 unspecified atom stereocenters. The summed E-state index contributed by atoms with van der Waals surface area (Å²) in [7, 11) is 3.33. The van der Waals surface area contributed by atoms with E-state index < -0.39 is 0 Å². The average molecular weight is 392 g/mol. The van der Waals surface area contributed by atoms with Crippen molar-refractivity contribution in [3.05, 3.63) is 23.8 Å². The van der Waals surface area contributed by atoms with Crippen molar-refractivity contribution in [3.63, 3.8) is 0 Å². The van der Waals surface area contributed by atoms with Crippen LogP contribution in [-0.2, 0) is 11.3 Å². The standard InChI is InChI=1S/C20H33N5O3/c1-5-21-19(26)12-23-20(22-6-2)24-16-7-8-25(14-16)13-15-9-17(27-3)11-18(10-15)28-4/h9-11,16H,5-8,12-14H2,1-4H3,(H,21,26)(H2,22,23,24). The zero-order valence-corrected chi connectivity index (χ0v) is 17.4. The highest BCUT2D eigenvalue weighted by atomic mass is 16.5. The minimum atomic E-state index is -0.0697. The van der Waals surface area contributed by atoms with Gasteiger partial charge in [-0.05, 0) is 38.0 Å². The highest BCUT2D eigenvalue weighted by Crippen LogP contribution is 2.24. The third-order valence-corrected chi connectivity index (χ3v) is 4.53. The molecule has 1 aliphatic rings. The summed E-state index contributed by atoms with van der Waals surface area (Å²) in [4.78, 5) is 18.4. The number of carbonyl (C=O) groups excluding carboxylic acids is 1. The molecule has 156 valence electrons. The van der Waals surface area contributed by atoms with Gasteiger partial charge in [0.1, 0.15) is 18.0 Å². The molecular formula is C20H33N5O3. The molecule has 2 rings (SSSR count). The van der Waals surface area contributed by atoms with Gasteiger partial charge in [-0.2, -0.15) is 0 Å². The quantitative estimate of drug-likeness (QED) is 0.430. The van der Waals surface area contributed by atoms with Gasteiger partial charge >= 0.3 is 0 Å². The summed E-state index contributed by atoms with van der Waals surface area (Å²) in [5.74, 6) is 2.22. The summed E-state index contributed by atoms with van der Waals surface area (Å²) < 4.78 is 10.7. The molecule has 0 aliphatic carbocycles. The highest BCUT2D eigenvalue weighted by Gasteiger charge is 2.23. The number of methoxy groups -OCH3 is 2. The van der Waals surface area contributed by atoms with E-state index >= 15 is 0 Å². The molecule has 1 saturated heterocycles. The van der Waals surface area contributed by atoms with Gasteiger partial charge in [-0.3, -0.25) is 9.69 Å². The van der Waals surface area contributed by atoms with Gasteiger partial charge in [0.2, 0.25) is 5.91 Å². The lowest BCUT2D eigenvalue weighted by Gasteiger charge is -2.19. The van der Waals surface area contributed by atoms with E-state index in [-0.39, 0.29) is 12.5 Å². The number of nitrogens with one attached hydrogen (secondary N) is 3. The van der Waals surface area contributed by atoms with Crippen molar-refractivity contribution in [1.29, 1.82) is 0 Å². The zero-order valence-electron chi connectivity index (χ0n) is 17.4. The van der Waals surface area contributed by atoms with Crippen molar-refractivity contribution in [3.8, 4) is 11.5 Å². The third-order valence-electron chi connectivity index (χ3n) is 4.53. The number of nitrogens with zero attached hydrogens (tertiary/aromatic N) is 2. The second kappa shape index (κ2) is 11.4. The summed E-state index contributed by atoms with van der Waals surface area (Å²) in [6, 6.07) is 6.26. The number of hydrogen-bond donors (Lipinski definition) is 3. The lowest BCUT2D eigenvalue weighted by molar-refractivity contribution is -0.119. The molecule has 1 amide bonds. The van der Waals surface area contributed by atoms with Crippen LogP contribution in [0, 0.1) is 0 Å². The number of amides is 1. The summed E-state index contributed by atoms with van der Waals surface area (Å²) in [6.45, 7) is 8.14. The van der Waals surface area contributed by atoms with Crippen LogP contribution in [0.25, 0.3) is 0 Å². The van der Waals surface area contributed by atoms with Crippen molar-refractivity contribution in [2.24, 2.45) is 4.99 Å². The molecule has 0 radical (unpaired) electrons. The number of aliphatic imine (C=N–C) groups is 1. The van der Waals surface area contributed by atoms with Gasteiger partial charge in [-0.15, -0.1) is 0 Å². The van der Waals surface area contributed by atoms with Crippen molar-refractivity contribution >= 4 is 11.9 Å². The Labute approximate surface area is 167 Å². The van der Waals surface area contributed by atoms with Crippen LogP contribution >= 0.6 is 0 Å². The average Bonchev–Trinajstić information content (AvgIpc) is 3.12. The first-order chi connectivity index (χ1) is 13.6. The third kappa shape index (κ3) is 6.92. The Morgan fingerprint density at radius 1 is 1.14 bits per heavy atom. The Hall–Kier alpha value is -2.48. The van der Waals surface area contributed by atoms with E-state index in [9.17, 15) is 4.79 Å². The van der Waals surface area contributed by atoms with Gasteiger partial charge in [0, 0.05) is 44.8 Å². The fraction of sp³-hybridized carbons (Fsp3) is 0.600. The number of ether oxygens (including phenoxy) is 2. The maximum atomic E-state index is 11.6. The molecule has 0 aromatic heterocycles. The number of likely N-dealkylation sites (tertiary alicyclic amines) is 1. The minimum absolute atomic E-state index is 0.0697. The lowest BCUT2D eigenvalue weighted by atomic mass is 10.2. The molecular weight excluding hydrogens is 358 g/mol. The maximum absolute atomic E-state index is 11.6. The van der Waals surface area contributed by atoms with Crippen LogP contribution in [0.1, 0.15) is 25.8 Å². The molecule has 0 bridgehead atoms. The minimum Gasteiger partial charge on any atom is -0.497 e. The van der Waals surface area contributed by atoms with E-state index in [2.05, 4.69) is 25.8 Å². The number of guanidine groups is 1. The SMILES string of the molecule is CCNC(=O)CN=C(NCC)NC1CCN(Cc2cc(OC)cc(OC)c2)C1. The van der Waals surface area contributed by atoms with Crippen LogP contribution in [0.5, 0.6) is 11.5 Å². The smallest absolute Gasteiger partial charge is 0.241 e. The van der Waals surface area contributed by atoms with E-state index in [0.717, 1.165) is 49.7 Å². The summed E-state index contributed by atoms with van der Waals surface area (Å²) in [5.41, 5.74) is 1.16. The van der Waals surface area contributed by atoms with Gasteiger partial charge < -0.3 is 25.4 Å². The molecule has 1 heterocycles. The first-order valence-electron chi connectivity index (χ1n) is 9.83. The topological polar surface area (TPSA) is 87.2 Å².